The van der Waals surface area contributed by atoms with E-state index in [9.17, 15) is 4.79 Å². The third-order valence-corrected chi connectivity index (χ3v) is 3.35. The predicted octanol–water partition coefficient (Wildman–Crippen LogP) is 3.15. The Morgan fingerprint density at radius 2 is 1.90 bits per heavy atom. The molecular weight excluding hydrogens is 252 g/mol. The number of aromatic nitrogens is 1. The van der Waals surface area contributed by atoms with Crippen molar-refractivity contribution in [2.75, 3.05) is 12.3 Å². The van der Waals surface area contributed by atoms with Crippen molar-refractivity contribution in [3.8, 4) is 0 Å². The van der Waals surface area contributed by atoms with Gasteiger partial charge in [-0.2, -0.15) is 0 Å². The Kier molecular flexibility index (Phi) is 2.99. The maximum absolute atomic E-state index is 12.2. The Bertz CT molecular complexity index is 812. The Balaban J connectivity index is 2.48. The lowest BCUT2D eigenvalue weighted by Crippen LogP contribution is -2.09. The summed E-state index contributed by atoms with van der Waals surface area (Å²) in [5, 5.41) is 3.51. The highest BCUT2D eigenvalue weighted by atomic mass is 16.5. The van der Waals surface area contributed by atoms with Crippen LogP contribution in [0.15, 0.2) is 42.7 Å². The summed E-state index contributed by atoms with van der Waals surface area (Å²) in [6.45, 7) is 2.09. The van der Waals surface area contributed by atoms with Gasteiger partial charge in [0.2, 0.25) is 0 Å². The molecule has 0 aliphatic heterocycles. The molecule has 1 aromatic heterocycles. The molecule has 100 valence electrons. The molecule has 0 aliphatic rings. The second kappa shape index (κ2) is 4.81. The van der Waals surface area contributed by atoms with E-state index < -0.39 is 5.97 Å². The Morgan fingerprint density at radius 1 is 1.15 bits per heavy atom. The molecule has 2 aromatic carbocycles. The van der Waals surface area contributed by atoms with Gasteiger partial charge in [0.05, 0.1) is 17.9 Å². The van der Waals surface area contributed by atoms with Crippen molar-refractivity contribution in [2.45, 2.75) is 6.92 Å². The van der Waals surface area contributed by atoms with Crippen LogP contribution in [0.2, 0.25) is 0 Å². The molecule has 2 N–H and O–H groups in total. The minimum Gasteiger partial charge on any atom is -0.462 e. The summed E-state index contributed by atoms with van der Waals surface area (Å²) in [5.74, 6) is -0.396. The number of fused-ring (bicyclic) bond motifs is 3. The average molecular weight is 266 g/mol. The highest BCUT2D eigenvalue weighted by Gasteiger charge is 2.18. The van der Waals surface area contributed by atoms with E-state index in [4.69, 9.17) is 10.5 Å². The van der Waals surface area contributed by atoms with Gasteiger partial charge in [-0.15, -0.1) is 0 Å². The summed E-state index contributed by atoms with van der Waals surface area (Å²) in [4.78, 5) is 16.3. The first-order chi connectivity index (χ1) is 9.74. The molecule has 3 aromatic rings. The van der Waals surface area contributed by atoms with Crippen molar-refractivity contribution in [3.05, 3.63) is 48.3 Å². The summed E-state index contributed by atoms with van der Waals surface area (Å²) >= 11 is 0. The topological polar surface area (TPSA) is 65.2 Å². The van der Waals surface area contributed by atoms with Crippen LogP contribution in [0.1, 0.15) is 17.3 Å². The van der Waals surface area contributed by atoms with E-state index in [1.54, 1.807) is 25.4 Å². The van der Waals surface area contributed by atoms with Crippen molar-refractivity contribution in [1.82, 2.24) is 4.98 Å². The lowest BCUT2D eigenvalue weighted by atomic mass is 9.96. The number of pyridine rings is 1. The zero-order valence-corrected chi connectivity index (χ0v) is 11.1. The second-order valence-corrected chi connectivity index (χ2v) is 4.48. The summed E-state index contributed by atoms with van der Waals surface area (Å²) in [5.41, 5.74) is 7.07. The molecule has 0 saturated heterocycles. The minimum absolute atomic E-state index is 0.317. The molecule has 20 heavy (non-hydrogen) atoms. The lowest BCUT2D eigenvalue weighted by molar-refractivity contribution is 0.0530. The standard InChI is InChI=1S/C16H14N2O2/c1-2-20-16(19)14-11-7-8-18-9-13(11)10-5-3-4-6-12(10)15(14)17/h3-9H,2,17H2,1H3. The third-order valence-electron chi connectivity index (χ3n) is 3.35. The Hall–Kier alpha value is -2.62. The van der Waals surface area contributed by atoms with Gasteiger partial charge in [0.25, 0.3) is 0 Å². The maximum atomic E-state index is 12.2. The van der Waals surface area contributed by atoms with Crippen LogP contribution in [-0.2, 0) is 4.74 Å². The summed E-state index contributed by atoms with van der Waals surface area (Å²) in [7, 11) is 0. The third kappa shape index (κ3) is 1.77. The molecule has 1 heterocycles. The fourth-order valence-corrected chi connectivity index (χ4v) is 2.48. The van der Waals surface area contributed by atoms with Crippen LogP contribution in [0.3, 0.4) is 0 Å². The molecule has 0 saturated carbocycles. The van der Waals surface area contributed by atoms with Gasteiger partial charge >= 0.3 is 5.97 Å². The molecule has 0 bridgehead atoms. The number of hydrogen-bond donors (Lipinski definition) is 1. The second-order valence-electron chi connectivity index (χ2n) is 4.48. The van der Waals surface area contributed by atoms with Crippen LogP contribution in [0.5, 0.6) is 0 Å². The maximum Gasteiger partial charge on any atom is 0.340 e. The highest BCUT2D eigenvalue weighted by Crippen LogP contribution is 2.34. The zero-order valence-electron chi connectivity index (χ0n) is 11.1. The van der Waals surface area contributed by atoms with E-state index in [0.717, 1.165) is 21.5 Å². The van der Waals surface area contributed by atoms with Crippen LogP contribution in [0, 0.1) is 0 Å². The van der Waals surface area contributed by atoms with Crippen LogP contribution >= 0.6 is 0 Å². The molecule has 0 unspecified atom stereocenters. The van der Waals surface area contributed by atoms with Gasteiger partial charge in [-0.25, -0.2) is 4.79 Å². The number of carbonyl (C=O) groups excluding carboxylic acids is 1. The first kappa shape index (κ1) is 12.4. The number of ether oxygens (including phenoxy) is 1. The number of hydrogen-bond acceptors (Lipinski definition) is 4. The van der Waals surface area contributed by atoms with Gasteiger partial charge < -0.3 is 10.5 Å². The van der Waals surface area contributed by atoms with E-state index in [1.165, 1.54) is 0 Å². The SMILES string of the molecule is CCOC(=O)c1c(N)c2ccccc2c2cnccc12. The van der Waals surface area contributed by atoms with Gasteiger partial charge in [-0.1, -0.05) is 24.3 Å². The monoisotopic (exact) mass is 266 g/mol. The van der Waals surface area contributed by atoms with Crippen LogP contribution < -0.4 is 5.73 Å². The normalized spacial score (nSPS) is 10.8. The summed E-state index contributed by atoms with van der Waals surface area (Å²) < 4.78 is 5.13. The molecule has 4 heteroatoms. The number of esters is 1. The number of rotatable bonds is 2. The molecule has 0 spiro atoms. The number of benzene rings is 2. The Labute approximate surface area is 116 Å². The Morgan fingerprint density at radius 3 is 2.65 bits per heavy atom. The highest BCUT2D eigenvalue weighted by molar-refractivity contribution is 6.21. The van der Waals surface area contributed by atoms with Crippen molar-refractivity contribution >= 4 is 33.2 Å². The van der Waals surface area contributed by atoms with Crippen LogP contribution in [0.25, 0.3) is 21.5 Å². The fourth-order valence-electron chi connectivity index (χ4n) is 2.48. The van der Waals surface area contributed by atoms with E-state index >= 15 is 0 Å². The molecule has 4 nitrogen and oxygen atoms in total. The van der Waals surface area contributed by atoms with Gasteiger partial charge in [-0.05, 0) is 18.4 Å². The van der Waals surface area contributed by atoms with Crippen molar-refractivity contribution in [3.63, 3.8) is 0 Å². The van der Waals surface area contributed by atoms with Crippen molar-refractivity contribution in [1.29, 1.82) is 0 Å². The smallest absolute Gasteiger partial charge is 0.340 e. The number of nitrogen functional groups attached to an aromatic ring is 1. The largest absolute Gasteiger partial charge is 0.462 e. The van der Waals surface area contributed by atoms with Gasteiger partial charge in [-0.3, -0.25) is 4.98 Å². The number of anilines is 1. The number of nitrogens with zero attached hydrogens (tertiary/aromatic N) is 1. The minimum atomic E-state index is -0.396. The molecule has 0 fully saturated rings. The number of nitrogens with two attached hydrogens (primary N) is 1. The first-order valence-electron chi connectivity index (χ1n) is 6.45. The fraction of sp³-hybridized carbons (Fsp3) is 0.125. The predicted molar refractivity (Wildman–Crippen MR) is 79.6 cm³/mol. The zero-order chi connectivity index (χ0) is 14.1. The summed E-state index contributed by atoms with van der Waals surface area (Å²) in [6, 6.07) is 9.52. The molecule has 0 radical (unpaired) electrons. The molecule has 0 amide bonds. The molecular formula is C16H14N2O2. The molecule has 0 atom stereocenters. The van der Waals surface area contributed by atoms with Gasteiger partial charge in [0.15, 0.2) is 0 Å². The lowest BCUT2D eigenvalue weighted by Gasteiger charge is -2.13. The van der Waals surface area contributed by atoms with E-state index in [1.807, 2.05) is 24.3 Å². The van der Waals surface area contributed by atoms with Gasteiger partial charge in [0, 0.05) is 28.6 Å². The van der Waals surface area contributed by atoms with Crippen molar-refractivity contribution < 1.29 is 9.53 Å². The quantitative estimate of drug-likeness (QED) is 0.439. The van der Waals surface area contributed by atoms with E-state index in [0.29, 0.717) is 17.9 Å². The van der Waals surface area contributed by atoms with Crippen molar-refractivity contribution in [2.24, 2.45) is 0 Å². The van der Waals surface area contributed by atoms with E-state index in [2.05, 4.69) is 4.98 Å². The first-order valence-corrected chi connectivity index (χ1v) is 6.45. The van der Waals surface area contributed by atoms with Crippen LogP contribution in [-0.4, -0.2) is 17.6 Å². The summed E-state index contributed by atoms with van der Waals surface area (Å²) in [6.07, 6.45) is 3.40. The molecule has 0 aliphatic carbocycles. The average Bonchev–Trinajstić information content (AvgIpc) is 2.48. The van der Waals surface area contributed by atoms with Crippen LogP contribution in [0.4, 0.5) is 5.69 Å². The van der Waals surface area contributed by atoms with E-state index in [-0.39, 0.29) is 0 Å². The number of carbonyl (C=O) groups is 1. The molecule has 3 rings (SSSR count). The van der Waals surface area contributed by atoms with Gasteiger partial charge in [0.1, 0.15) is 0 Å².